The minimum absolute atomic E-state index is 0.125. The van der Waals surface area contributed by atoms with Gasteiger partial charge in [0.05, 0.1) is 10.9 Å². The minimum atomic E-state index is -0.266. The van der Waals surface area contributed by atoms with Gasteiger partial charge in [-0.15, -0.1) is 0 Å². The maximum atomic E-state index is 13.3. The van der Waals surface area contributed by atoms with Crippen molar-refractivity contribution in [3.05, 3.63) is 75.7 Å². The largest absolute Gasteiger partial charge is 0.455 e. The van der Waals surface area contributed by atoms with Crippen molar-refractivity contribution in [1.29, 1.82) is 0 Å². The Morgan fingerprint density at radius 1 is 0.970 bits per heavy atom. The number of esters is 1. The van der Waals surface area contributed by atoms with E-state index in [1.165, 1.54) is 36.2 Å². The van der Waals surface area contributed by atoms with E-state index in [0.717, 1.165) is 48.8 Å². The third-order valence-electron chi connectivity index (χ3n) is 7.73. The molecule has 1 aliphatic rings. The smallest absolute Gasteiger partial charge is 0.339 e. The Kier molecular flexibility index (Phi) is 5.56. The predicted molar refractivity (Wildman–Crippen MR) is 141 cm³/mol. The summed E-state index contributed by atoms with van der Waals surface area (Å²) < 4.78 is 7.55. The van der Waals surface area contributed by atoms with Gasteiger partial charge in [-0.2, -0.15) is 0 Å². The van der Waals surface area contributed by atoms with Crippen LogP contribution in [0.15, 0.2) is 48.5 Å². The molecule has 1 saturated carbocycles. The summed E-state index contributed by atoms with van der Waals surface area (Å²) in [5, 5.41) is 4.01. The van der Waals surface area contributed by atoms with Crippen LogP contribution in [-0.2, 0) is 4.74 Å². The molecule has 0 saturated heterocycles. The lowest BCUT2D eigenvalue weighted by molar-refractivity contribution is -0.0173. The number of thiophene rings is 1. The molecule has 5 rings (SSSR count). The maximum Gasteiger partial charge on any atom is 0.339 e. The van der Waals surface area contributed by atoms with Gasteiger partial charge < -0.3 is 4.74 Å². The molecule has 0 radical (unpaired) electrons. The van der Waals surface area contributed by atoms with Gasteiger partial charge in [-0.3, -0.25) is 0 Å². The summed E-state index contributed by atoms with van der Waals surface area (Å²) in [5.74, 6) is -0.148. The maximum absolute atomic E-state index is 13.3. The zero-order valence-electron chi connectivity index (χ0n) is 20.4. The van der Waals surface area contributed by atoms with Gasteiger partial charge in [0, 0.05) is 35.1 Å². The Hall–Kier alpha value is -2.65. The Balaban J connectivity index is 1.61. The van der Waals surface area contributed by atoms with E-state index in [9.17, 15) is 4.79 Å². The highest BCUT2D eigenvalue weighted by molar-refractivity contribution is 7.45. The summed E-state index contributed by atoms with van der Waals surface area (Å²) in [5.41, 5.74) is 3.91. The predicted octanol–water partition coefficient (Wildman–Crippen LogP) is 8.84. The fourth-order valence-corrected chi connectivity index (χ4v) is 8.37. The van der Waals surface area contributed by atoms with E-state index < -0.39 is 0 Å². The molecule has 170 valence electrons. The van der Waals surface area contributed by atoms with Crippen molar-refractivity contribution in [2.24, 2.45) is 0 Å². The van der Waals surface area contributed by atoms with Crippen LogP contribution >= 0.6 is 10.5 Å². The Labute approximate surface area is 199 Å². The van der Waals surface area contributed by atoms with Crippen LogP contribution < -0.4 is 0 Å². The van der Waals surface area contributed by atoms with Crippen molar-refractivity contribution in [1.82, 2.24) is 0 Å². The van der Waals surface area contributed by atoms with Gasteiger partial charge >= 0.3 is 5.97 Å². The van der Waals surface area contributed by atoms with Crippen LogP contribution in [0.4, 0.5) is 0 Å². The second-order valence-electron chi connectivity index (χ2n) is 9.71. The van der Waals surface area contributed by atoms with Crippen LogP contribution in [0.2, 0.25) is 0 Å². The Bertz CT molecular complexity index is 1360. The molecule has 4 aromatic rings. The molecule has 1 aliphatic carbocycles. The molecule has 1 fully saturated rings. The molecule has 0 bridgehead atoms. The SMILES string of the molecule is CCC1(OC(=O)c2c(C)cc(-[s+]3c(C)c(C)c4c5ccccc5ccc43)cc2C)CCCC1. The van der Waals surface area contributed by atoms with Crippen LogP contribution in [0.1, 0.15) is 71.0 Å². The van der Waals surface area contributed by atoms with Gasteiger partial charge in [-0.25, -0.2) is 4.79 Å². The van der Waals surface area contributed by atoms with Crippen LogP contribution in [-0.4, -0.2) is 11.6 Å². The summed E-state index contributed by atoms with van der Waals surface area (Å²) in [4.78, 5) is 16.0. The van der Waals surface area contributed by atoms with E-state index in [1.807, 2.05) is 0 Å². The van der Waals surface area contributed by atoms with Crippen molar-refractivity contribution < 1.29 is 9.53 Å². The molecule has 0 spiro atoms. The first-order chi connectivity index (χ1) is 15.8. The second kappa shape index (κ2) is 8.29. The number of aryl methyl sites for hydroxylation is 3. The van der Waals surface area contributed by atoms with Gasteiger partial charge in [-0.1, -0.05) is 31.2 Å². The lowest BCUT2D eigenvalue weighted by Gasteiger charge is -2.28. The van der Waals surface area contributed by atoms with Crippen LogP contribution in [0.5, 0.6) is 0 Å². The highest BCUT2D eigenvalue weighted by atomic mass is 32.2. The van der Waals surface area contributed by atoms with E-state index in [2.05, 4.69) is 83.1 Å². The van der Waals surface area contributed by atoms with Gasteiger partial charge in [0.2, 0.25) is 0 Å². The standard InChI is InChI=1S/C30H33O2S/c1-6-30(15-9-10-16-30)32-29(31)27-19(2)17-24(18-20(27)3)33-22(5)21(4)28-25-12-8-7-11-23(25)13-14-26(28)33/h7-8,11-14,17-18H,6,9-10,15-16H2,1-5H3/q+1. The molecule has 3 heteroatoms. The van der Waals surface area contributed by atoms with Crippen LogP contribution in [0.25, 0.3) is 25.8 Å². The van der Waals surface area contributed by atoms with E-state index in [-0.39, 0.29) is 22.0 Å². The number of carbonyl (C=O) groups excluding carboxylic acids is 1. The minimum Gasteiger partial charge on any atom is -0.455 e. The second-order valence-corrected chi connectivity index (χ2v) is 11.8. The molecule has 33 heavy (non-hydrogen) atoms. The number of carbonyl (C=O) groups is 1. The fraction of sp³-hybridized carbons (Fsp3) is 0.367. The fourth-order valence-electron chi connectivity index (χ4n) is 5.76. The topological polar surface area (TPSA) is 26.3 Å². The summed E-state index contributed by atoms with van der Waals surface area (Å²) >= 11 is 0. The molecular weight excluding hydrogens is 424 g/mol. The normalized spacial score (nSPS) is 16.0. The van der Waals surface area contributed by atoms with Crippen molar-refractivity contribution in [2.75, 3.05) is 0 Å². The van der Waals surface area contributed by atoms with Gasteiger partial charge in [-0.05, 0) is 86.9 Å². The third-order valence-corrected chi connectivity index (χ3v) is 10.1. The average Bonchev–Trinajstić information content (AvgIpc) is 3.36. The van der Waals surface area contributed by atoms with E-state index in [4.69, 9.17) is 4.74 Å². The molecule has 0 aliphatic heterocycles. The zero-order chi connectivity index (χ0) is 23.3. The number of ether oxygens (including phenoxy) is 1. The lowest BCUT2D eigenvalue weighted by Crippen LogP contribution is -2.31. The van der Waals surface area contributed by atoms with Gasteiger partial charge in [0.15, 0.2) is 14.5 Å². The molecule has 1 aromatic heterocycles. The molecule has 3 aromatic carbocycles. The van der Waals surface area contributed by atoms with Crippen molar-refractivity contribution in [3.63, 3.8) is 0 Å². The summed E-state index contributed by atoms with van der Waals surface area (Å²) in [6.45, 7) is 10.8. The quantitative estimate of drug-likeness (QED) is 0.226. The molecule has 2 nitrogen and oxygen atoms in total. The average molecular weight is 458 g/mol. The summed E-state index contributed by atoms with van der Waals surface area (Å²) in [6.07, 6.45) is 5.18. The van der Waals surface area contributed by atoms with Gasteiger partial charge in [0.25, 0.3) is 0 Å². The highest BCUT2D eigenvalue weighted by Crippen LogP contribution is 2.49. The monoisotopic (exact) mass is 457 g/mol. The van der Waals surface area contributed by atoms with Crippen molar-refractivity contribution >= 4 is 37.3 Å². The lowest BCUT2D eigenvalue weighted by atomic mass is 9.97. The number of rotatable bonds is 4. The first kappa shape index (κ1) is 22.2. The Morgan fingerprint density at radius 3 is 2.30 bits per heavy atom. The Morgan fingerprint density at radius 2 is 1.64 bits per heavy atom. The first-order valence-corrected chi connectivity index (χ1v) is 13.4. The summed E-state index contributed by atoms with van der Waals surface area (Å²) in [6, 6.07) is 17.7. The van der Waals surface area contributed by atoms with Crippen molar-refractivity contribution in [2.45, 2.75) is 72.3 Å². The molecule has 0 amide bonds. The highest BCUT2D eigenvalue weighted by Gasteiger charge is 2.37. The third kappa shape index (κ3) is 3.58. The van der Waals surface area contributed by atoms with Crippen molar-refractivity contribution in [3.8, 4) is 4.90 Å². The molecular formula is C30H33O2S+. The first-order valence-electron chi connectivity index (χ1n) is 12.1. The number of hydrogen-bond acceptors (Lipinski definition) is 2. The molecule has 1 atom stereocenters. The van der Waals surface area contributed by atoms with E-state index >= 15 is 0 Å². The molecule has 1 unspecified atom stereocenters. The van der Waals surface area contributed by atoms with E-state index in [1.54, 1.807) is 0 Å². The van der Waals surface area contributed by atoms with Crippen LogP contribution in [0, 0.1) is 27.7 Å². The summed E-state index contributed by atoms with van der Waals surface area (Å²) in [7, 11) is -0.125. The number of fused-ring (bicyclic) bond motifs is 3. The molecule has 0 N–H and O–H groups in total. The zero-order valence-corrected chi connectivity index (χ0v) is 21.2. The van der Waals surface area contributed by atoms with Crippen LogP contribution in [0.3, 0.4) is 0 Å². The molecule has 1 heterocycles. The van der Waals surface area contributed by atoms with E-state index in [0.29, 0.717) is 0 Å². The van der Waals surface area contributed by atoms with Gasteiger partial charge in [0.1, 0.15) is 5.60 Å². The number of benzene rings is 3. The number of hydrogen-bond donors (Lipinski definition) is 0.